The number of halogens is 3. The molecule has 0 atom stereocenters. The summed E-state index contributed by atoms with van der Waals surface area (Å²) in [6, 6.07) is 7.70. The van der Waals surface area contributed by atoms with Crippen molar-refractivity contribution < 1.29 is 13.2 Å². The molecule has 1 saturated heterocycles. The standard InChI is InChI=1S/C30H25F3N6S/c1-17-8-18(14-39-6-4-30(32,33)16-39)10-20(9-17)27-26(31)25-21(2-5-35-23(25)13-36-27)29-37-24-12-34-11-22(28(24)38-29)19-3-7-40-15-19/h2-3,7-13,15,35H,4-6,14,16H2,1H3,(H,37,38). The van der Waals surface area contributed by atoms with E-state index in [2.05, 4.69) is 20.3 Å². The number of aromatic amines is 1. The molecule has 0 amide bonds. The molecule has 0 spiro atoms. The fourth-order valence-corrected chi connectivity index (χ4v) is 6.30. The highest BCUT2D eigenvalue weighted by molar-refractivity contribution is 7.08. The number of fused-ring (bicyclic) bond motifs is 2. The molecule has 6 heterocycles. The van der Waals surface area contributed by atoms with Gasteiger partial charge in [0.05, 0.1) is 35.7 Å². The lowest BCUT2D eigenvalue weighted by molar-refractivity contribution is 0.0115. The van der Waals surface area contributed by atoms with Crippen molar-refractivity contribution in [3.8, 4) is 22.4 Å². The van der Waals surface area contributed by atoms with Crippen molar-refractivity contribution in [2.24, 2.45) is 0 Å². The van der Waals surface area contributed by atoms with Gasteiger partial charge < -0.3 is 10.3 Å². The van der Waals surface area contributed by atoms with Crippen molar-refractivity contribution in [1.29, 1.82) is 0 Å². The van der Waals surface area contributed by atoms with E-state index in [1.807, 2.05) is 48.0 Å². The number of H-pyrrole nitrogens is 1. The molecule has 40 heavy (non-hydrogen) atoms. The maximum absolute atomic E-state index is 16.4. The molecule has 1 fully saturated rings. The van der Waals surface area contributed by atoms with Crippen LogP contribution in [-0.4, -0.2) is 50.4 Å². The van der Waals surface area contributed by atoms with Crippen LogP contribution < -0.4 is 5.32 Å². The number of rotatable bonds is 5. The number of imidazole rings is 1. The Labute approximate surface area is 232 Å². The third kappa shape index (κ3) is 4.47. The van der Waals surface area contributed by atoms with Crippen LogP contribution in [0.4, 0.5) is 18.9 Å². The first-order valence-corrected chi connectivity index (χ1v) is 14.0. The Morgan fingerprint density at radius 1 is 1.12 bits per heavy atom. The highest BCUT2D eigenvalue weighted by Gasteiger charge is 2.38. The minimum atomic E-state index is -2.66. The Morgan fingerprint density at radius 3 is 2.83 bits per heavy atom. The van der Waals surface area contributed by atoms with E-state index in [1.54, 1.807) is 34.8 Å². The highest BCUT2D eigenvalue weighted by Crippen LogP contribution is 2.39. The molecule has 6 nitrogen and oxygen atoms in total. The van der Waals surface area contributed by atoms with Crippen LogP contribution in [0.15, 0.2) is 59.7 Å². The molecule has 5 aromatic rings. The summed E-state index contributed by atoms with van der Waals surface area (Å²) >= 11 is 1.60. The summed E-state index contributed by atoms with van der Waals surface area (Å²) in [5, 5.41) is 7.28. The molecule has 0 bridgehead atoms. The average molecular weight is 559 g/mol. The summed E-state index contributed by atoms with van der Waals surface area (Å²) in [6.45, 7) is 2.88. The molecule has 0 saturated carbocycles. The number of anilines is 1. The number of alkyl halides is 2. The van der Waals surface area contributed by atoms with Crippen LogP contribution in [0.5, 0.6) is 0 Å². The van der Waals surface area contributed by atoms with E-state index < -0.39 is 11.7 Å². The molecule has 2 aliphatic heterocycles. The van der Waals surface area contributed by atoms with Crippen LogP contribution in [0.1, 0.15) is 28.9 Å². The minimum Gasteiger partial charge on any atom is -0.380 e. The van der Waals surface area contributed by atoms with Crippen molar-refractivity contribution in [2.45, 2.75) is 25.8 Å². The fraction of sp³-hybridized carbons (Fsp3) is 0.233. The molecule has 0 aliphatic carbocycles. The van der Waals surface area contributed by atoms with E-state index in [1.165, 1.54) is 0 Å². The van der Waals surface area contributed by atoms with Gasteiger partial charge in [-0.05, 0) is 47.0 Å². The second-order valence-corrected chi connectivity index (χ2v) is 11.2. The SMILES string of the molecule is Cc1cc(CN2CCC(F)(F)C2)cc(-c2ncc3c(c2F)C(c2nc4c(-c5ccsc5)cncc4[nH]2)=CCN3)c1. The van der Waals surface area contributed by atoms with E-state index in [-0.39, 0.29) is 18.7 Å². The predicted molar refractivity (Wildman–Crippen MR) is 152 cm³/mol. The summed E-state index contributed by atoms with van der Waals surface area (Å²) < 4.78 is 43.9. The van der Waals surface area contributed by atoms with Gasteiger partial charge in [-0.1, -0.05) is 17.7 Å². The summed E-state index contributed by atoms with van der Waals surface area (Å²) in [4.78, 5) is 18.8. The molecule has 7 rings (SSSR count). The van der Waals surface area contributed by atoms with Gasteiger partial charge >= 0.3 is 0 Å². The third-order valence-corrected chi connectivity index (χ3v) is 8.12. The van der Waals surface area contributed by atoms with Gasteiger partial charge in [-0.25, -0.2) is 18.2 Å². The van der Waals surface area contributed by atoms with Crippen molar-refractivity contribution in [2.75, 3.05) is 25.0 Å². The molecule has 0 radical (unpaired) electrons. The van der Waals surface area contributed by atoms with Crippen molar-refractivity contribution in [1.82, 2.24) is 24.8 Å². The van der Waals surface area contributed by atoms with Gasteiger partial charge in [0.25, 0.3) is 5.92 Å². The van der Waals surface area contributed by atoms with Gasteiger partial charge in [-0.3, -0.25) is 14.9 Å². The number of benzene rings is 1. The average Bonchev–Trinajstić information content (AvgIpc) is 3.68. The minimum absolute atomic E-state index is 0.138. The van der Waals surface area contributed by atoms with Crippen LogP contribution >= 0.6 is 11.3 Å². The van der Waals surface area contributed by atoms with Gasteiger partial charge in [0, 0.05) is 54.5 Å². The highest BCUT2D eigenvalue weighted by atomic mass is 32.1. The Kier molecular flexibility index (Phi) is 5.97. The van der Waals surface area contributed by atoms with E-state index >= 15 is 4.39 Å². The second-order valence-electron chi connectivity index (χ2n) is 10.4. The van der Waals surface area contributed by atoms with Crippen LogP contribution in [0, 0.1) is 12.7 Å². The van der Waals surface area contributed by atoms with Crippen molar-refractivity contribution in [3.63, 3.8) is 0 Å². The normalized spacial score (nSPS) is 16.6. The zero-order valence-electron chi connectivity index (χ0n) is 21.6. The lowest BCUT2D eigenvalue weighted by atomic mass is 9.96. The van der Waals surface area contributed by atoms with E-state index in [9.17, 15) is 8.78 Å². The predicted octanol–water partition coefficient (Wildman–Crippen LogP) is 6.89. The lowest BCUT2D eigenvalue weighted by Crippen LogP contribution is -2.24. The first-order valence-electron chi connectivity index (χ1n) is 13.1. The van der Waals surface area contributed by atoms with Crippen LogP contribution in [-0.2, 0) is 6.54 Å². The summed E-state index contributed by atoms with van der Waals surface area (Å²) in [5.41, 5.74) is 7.70. The zero-order valence-corrected chi connectivity index (χ0v) is 22.5. The van der Waals surface area contributed by atoms with Crippen LogP contribution in [0.3, 0.4) is 0 Å². The maximum Gasteiger partial charge on any atom is 0.261 e. The molecule has 202 valence electrons. The number of hydrogen-bond acceptors (Lipinski definition) is 6. The molecule has 2 aliphatic rings. The van der Waals surface area contributed by atoms with Gasteiger partial charge in [-0.15, -0.1) is 0 Å². The van der Waals surface area contributed by atoms with Crippen LogP contribution in [0.2, 0.25) is 0 Å². The maximum atomic E-state index is 16.4. The number of thiophene rings is 1. The van der Waals surface area contributed by atoms with Gasteiger partial charge in [0.15, 0.2) is 5.82 Å². The van der Waals surface area contributed by atoms with Gasteiger partial charge in [0.2, 0.25) is 0 Å². The summed E-state index contributed by atoms with van der Waals surface area (Å²) in [5.74, 6) is -2.57. The molecule has 10 heteroatoms. The molecule has 2 N–H and O–H groups in total. The van der Waals surface area contributed by atoms with Crippen molar-refractivity contribution >= 4 is 33.6 Å². The fourth-order valence-electron chi connectivity index (χ4n) is 5.65. The van der Waals surface area contributed by atoms with Crippen LogP contribution in [0.25, 0.3) is 39.0 Å². The largest absolute Gasteiger partial charge is 0.380 e. The number of likely N-dealkylation sites (tertiary alicyclic amines) is 1. The Balaban J connectivity index is 1.28. The number of pyridine rings is 2. The van der Waals surface area contributed by atoms with Gasteiger partial charge in [0.1, 0.15) is 11.5 Å². The Hall–Kier alpha value is -4.02. The van der Waals surface area contributed by atoms with Gasteiger partial charge in [-0.2, -0.15) is 11.3 Å². The number of hydrogen-bond donors (Lipinski definition) is 2. The zero-order chi connectivity index (χ0) is 27.4. The number of aryl methyl sites for hydroxylation is 1. The molecule has 1 aromatic carbocycles. The topological polar surface area (TPSA) is 69.7 Å². The third-order valence-electron chi connectivity index (χ3n) is 7.43. The Bertz CT molecular complexity index is 1780. The molecule has 4 aromatic heterocycles. The molecular formula is C30H25F3N6S. The van der Waals surface area contributed by atoms with E-state index in [0.29, 0.717) is 47.8 Å². The number of nitrogens with one attached hydrogen (secondary N) is 2. The lowest BCUT2D eigenvalue weighted by Gasteiger charge is -2.21. The summed E-state index contributed by atoms with van der Waals surface area (Å²) in [6.07, 6.45) is 6.94. The smallest absolute Gasteiger partial charge is 0.261 e. The second kappa shape index (κ2) is 9.57. The quantitative estimate of drug-likeness (QED) is 0.246. The number of aromatic nitrogens is 4. The Morgan fingerprint density at radius 2 is 2.02 bits per heavy atom. The van der Waals surface area contributed by atoms with Crippen molar-refractivity contribution in [3.05, 3.63) is 88.0 Å². The first kappa shape index (κ1) is 25.0. The number of nitrogens with zero attached hydrogens (tertiary/aromatic N) is 4. The molecular weight excluding hydrogens is 533 g/mol. The van der Waals surface area contributed by atoms with E-state index in [0.717, 1.165) is 33.3 Å². The first-order chi connectivity index (χ1) is 19.3. The molecule has 0 unspecified atom stereocenters. The summed E-state index contributed by atoms with van der Waals surface area (Å²) in [7, 11) is 0. The monoisotopic (exact) mass is 558 g/mol. The van der Waals surface area contributed by atoms with E-state index in [4.69, 9.17) is 4.98 Å².